The van der Waals surface area contributed by atoms with Crippen LogP contribution in [0.4, 0.5) is 0 Å². The number of hydrogen-bond acceptors (Lipinski definition) is 2. The zero-order chi connectivity index (χ0) is 14.7. The van der Waals surface area contributed by atoms with Crippen LogP contribution in [0.15, 0.2) is 54.7 Å². The molecule has 3 aromatic rings. The van der Waals surface area contributed by atoms with Gasteiger partial charge in [-0.3, -0.25) is 0 Å². The van der Waals surface area contributed by atoms with Gasteiger partial charge in [-0.1, -0.05) is 47.5 Å². The molecule has 1 nitrogen and oxygen atoms in total. The van der Waals surface area contributed by atoms with Gasteiger partial charge >= 0.3 is 0 Å². The zero-order valence-electron chi connectivity index (χ0n) is 11.2. The molecule has 0 aliphatic rings. The molecule has 0 amide bonds. The molecular weight excluding hydrogens is 321 g/mol. The van der Waals surface area contributed by atoms with Crippen LogP contribution in [0, 0.1) is 0 Å². The van der Waals surface area contributed by atoms with E-state index in [1.54, 1.807) is 11.3 Å². The summed E-state index contributed by atoms with van der Waals surface area (Å²) in [4.78, 5) is 5.77. The molecule has 1 aromatic heterocycles. The minimum Gasteiger partial charge on any atom is -0.249 e. The Labute approximate surface area is 138 Å². The lowest BCUT2D eigenvalue weighted by atomic mass is 10.1. The van der Waals surface area contributed by atoms with Gasteiger partial charge in [-0.05, 0) is 35.4 Å². The molecule has 0 saturated carbocycles. The number of aromatic nitrogens is 1. The molecule has 0 spiro atoms. The van der Waals surface area contributed by atoms with Crippen molar-refractivity contribution in [2.75, 3.05) is 0 Å². The van der Waals surface area contributed by atoms with Gasteiger partial charge in [-0.15, -0.1) is 11.3 Å². The third kappa shape index (κ3) is 4.07. The molecule has 106 valence electrons. The molecule has 1 heterocycles. The molecule has 0 radical (unpaired) electrons. The van der Waals surface area contributed by atoms with Crippen molar-refractivity contribution in [2.45, 2.75) is 12.8 Å². The van der Waals surface area contributed by atoms with E-state index in [0.29, 0.717) is 0 Å². The first-order valence-corrected chi connectivity index (χ1v) is 8.19. The van der Waals surface area contributed by atoms with Gasteiger partial charge in [0.25, 0.3) is 0 Å². The summed E-state index contributed by atoms with van der Waals surface area (Å²) < 4.78 is 0. The van der Waals surface area contributed by atoms with E-state index in [2.05, 4.69) is 17.1 Å². The minimum absolute atomic E-state index is 0.765. The predicted octanol–water partition coefficient (Wildman–Crippen LogP) is 5.63. The Morgan fingerprint density at radius 2 is 1.29 bits per heavy atom. The Morgan fingerprint density at radius 1 is 0.762 bits per heavy atom. The predicted molar refractivity (Wildman–Crippen MR) is 90.6 cm³/mol. The largest absolute Gasteiger partial charge is 0.249 e. The number of halogens is 2. The quantitative estimate of drug-likeness (QED) is 0.602. The summed E-state index contributed by atoms with van der Waals surface area (Å²) in [6.45, 7) is 0. The second kappa shape index (κ2) is 6.61. The number of benzene rings is 2. The number of thiazole rings is 1. The van der Waals surface area contributed by atoms with Gasteiger partial charge in [0.15, 0.2) is 0 Å². The van der Waals surface area contributed by atoms with Crippen molar-refractivity contribution in [3.8, 4) is 0 Å². The van der Waals surface area contributed by atoms with Gasteiger partial charge in [0.2, 0.25) is 0 Å². The van der Waals surface area contributed by atoms with Crippen LogP contribution >= 0.6 is 34.5 Å². The van der Waals surface area contributed by atoms with Gasteiger partial charge < -0.3 is 0 Å². The van der Waals surface area contributed by atoms with Crippen molar-refractivity contribution in [3.05, 3.63) is 85.8 Å². The van der Waals surface area contributed by atoms with E-state index in [1.165, 1.54) is 16.0 Å². The average Bonchev–Trinajstić information content (AvgIpc) is 2.91. The Morgan fingerprint density at radius 3 is 1.86 bits per heavy atom. The fourth-order valence-corrected chi connectivity index (χ4v) is 3.33. The van der Waals surface area contributed by atoms with Crippen molar-refractivity contribution in [1.29, 1.82) is 0 Å². The second-order valence-electron chi connectivity index (χ2n) is 4.83. The van der Waals surface area contributed by atoms with Crippen molar-refractivity contribution < 1.29 is 0 Å². The number of nitrogens with zero attached hydrogens (tertiary/aromatic N) is 1. The molecule has 4 heteroatoms. The molecule has 0 atom stereocenters. The van der Waals surface area contributed by atoms with E-state index in [9.17, 15) is 0 Å². The maximum Gasteiger partial charge on any atom is 0.0971 e. The van der Waals surface area contributed by atoms with E-state index in [0.717, 1.165) is 27.9 Å². The molecule has 2 aromatic carbocycles. The van der Waals surface area contributed by atoms with Gasteiger partial charge in [0, 0.05) is 34.0 Å². The maximum atomic E-state index is 5.90. The molecule has 21 heavy (non-hydrogen) atoms. The van der Waals surface area contributed by atoms with Crippen LogP contribution in [0.1, 0.15) is 21.0 Å². The van der Waals surface area contributed by atoms with Gasteiger partial charge in [0.1, 0.15) is 0 Å². The average molecular weight is 334 g/mol. The van der Waals surface area contributed by atoms with Crippen LogP contribution in [0.2, 0.25) is 10.0 Å². The zero-order valence-corrected chi connectivity index (χ0v) is 13.6. The van der Waals surface area contributed by atoms with E-state index in [1.807, 2.05) is 42.6 Å². The molecule has 0 N–H and O–H groups in total. The molecular formula is C17H13Cl2NS. The van der Waals surface area contributed by atoms with E-state index in [4.69, 9.17) is 23.2 Å². The lowest BCUT2D eigenvalue weighted by Crippen LogP contribution is -1.85. The fourth-order valence-electron chi connectivity index (χ4n) is 2.09. The number of hydrogen-bond donors (Lipinski definition) is 0. The van der Waals surface area contributed by atoms with Crippen LogP contribution in [0.3, 0.4) is 0 Å². The van der Waals surface area contributed by atoms with Crippen LogP contribution < -0.4 is 0 Å². The van der Waals surface area contributed by atoms with E-state index < -0.39 is 0 Å². The smallest absolute Gasteiger partial charge is 0.0971 e. The van der Waals surface area contributed by atoms with Crippen molar-refractivity contribution >= 4 is 34.5 Å². The molecule has 0 aliphatic carbocycles. The van der Waals surface area contributed by atoms with E-state index >= 15 is 0 Å². The number of rotatable bonds is 4. The Hall–Kier alpha value is -1.35. The highest BCUT2D eigenvalue weighted by atomic mass is 35.5. The molecule has 0 aliphatic heterocycles. The van der Waals surface area contributed by atoms with Gasteiger partial charge in [-0.2, -0.15) is 0 Å². The lowest BCUT2D eigenvalue weighted by molar-refractivity contribution is 1.13. The Bertz CT molecular complexity index is 655. The van der Waals surface area contributed by atoms with Crippen LogP contribution in [0.5, 0.6) is 0 Å². The highest BCUT2D eigenvalue weighted by Crippen LogP contribution is 2.21. The van der Waals surface area contributed by atoms with Crippen LogP contribution in [-0.2, 0) is 12.8 Å². The van der Waals surface area contributed by atoms with Crippen molar-refractivity contribution in [2.24, 2.45) is 0 Å². The third-order valence-corrected chi connectivity index (χ3v) is 4.66. The van der Waals surface area contributed by atoms with Crippen molar-refractivity contribution in [1.82, 2.24) is 4.98 Å². The molecule has 0 fully saturated rings. The molecule has 0 bridgehead atoms. The third-order valence-electron chi connectivity index (χ3n) is 3.16. The summed E-state index contributed by atoms with van der Waals surface area (Å²) in [6, 6.07) is 15.9. The first kappa shape index (κ1) is 14.6. The van der Waals surface area contributed by atoms with Crippen molar-refractivity contribution in [3.63, 3.8) is 0 Å². The normalized spacial score (nSPS) is 10.8. The molecule has 3 rings (SSSR count). The second-order valence-corrected chi connectivity index (χ2v) is 6.90. The Balaban J connectivity index is 1.68. The minimum atomic E-state index is 0.765. The summed E-state index contributed by atoms with van der Waals surface area (Å²) in [5.41, 5.74) is 2.48. The summed E-state index contributed by atoms with van der Waals surface area (Å²) in [6.07, 6.45) is 3.71. The summed E-state index contributed by atoms with van der Waals surface area (Å²) >= 11 is 13.6. The van der Waals surface area contributed by atoms with Crippen LogP contribution in [0.25, 0.3) is 0 Å². The first-order chi connectivity index (χ1) is 10.2. The van der Waals surface area contributed by atoms with Crippen LogP contribution in [-0.4, -0.2) is 4.98 Å². The highest BCUT2D eigenvalue weighted by Gasteiger charge is 2.05. The molecule has 0 saturated heterocycles. The standard InChI is InChI=1S/C17H13Cl2NS/c18-14-5-1-12(2-6-14)9-16-11-20-17(21-16)10-13-3-7-15(19)8-4-13/h1-8,11H,9-10H2. The maximum absolute atomic E-state index is 5.90. The summed E-state index contributed by atoms with van der Waals surface area (Å²) in [7, 11) is 0. The van der Waals surface area contributed by atoms with Gasteiger partial charge in [-0.25, -0.2) is 4.98 Å². The SMILES string of the molecule is Clc1ccc(Cc2cnc(Cc3ccc(Cl)cc3)s2)cc1. The first-order valence-electron chi connectivity index (χ1n) is 6.61. The Kier molecular flexibility index (Phi) is 4.59. The summed E-state index contributed by atoms with van der Waals surface area (Å²) in [5.74, 6) is 0. The fraction of sp³-hybridized carbons (Fsp3) is 0.118. The monoisotopic (exact) mass is 333 g/mol. The molecule has 0 unspecified atom stereocenters. The lowest BCUT2D eigenvalue weighted by Gasteiger charge is -1.99. The topological polar surface area (TPSA) is 12.9 Å². The summed E-state index contributed by atoms with van der Waals surface area (Å²) in [5, 5.41) is 2.66. The van der Waals surface area contributed by atoms with Gasteiger partial charge in [0.05, 0.1) is 5.01 Å². The van der Waals surface area contributed by atoms with E-state index in [-0.39, 0.29) is 0 Å². The highest BCUT2D eigenvalue weighted by molar-refractivity contribution is 7.11.